The van der Waals surface area contributed by atoms with Crippen LogP contribution in [0.25, 0.3) is 0 Å². The molecule has 0 unspecified atom stereocenters. The first kappa shape index (κ1) is 13.0. The van der Waals surface area contributed by atoms with Crippen molar-refractivity contribution in [3.8, 4) is 0 Å². The Labute approximate surface area is 120 Å². The fourth-order valence-electron chi connectivity index (χ4n) is 2.80. The van der Waals surface area contributed by atoms with Crippen LogP contribution in [0.1, 0.15) is 29.8 Å². The van der Waals surface area contributed by atoms with Gasteiger partial charge in [-0.25, -0.2) is 0 Å². The summed E-state index contributed by atoms with van der Waals surface area (Å²) in [4.78, 5) is 2.46. The fraction of sp³-hybridized carbons (Fsp3) is 0.438. The number of aromatic amines is 1. The van der Waals surface area contributed by atoms with E-state index in [0.29, 0.717) is 0 Å². The SMILES string of the molecule is Cc1n[nH]c(C)c1NCc1ccc(N2CCCC2)cc1. The number of nitrogens with zero attached hydrogens (tertiary/aromatic N) is 2. The predicted molar refractivity (Wildman–Crippen MR) is 83.3 cm³/mol. The molecule has 1 aliphatic heterocycles. The lowest BCUT2D eigenvalue weighted by Gasteiger charge is -2.17. The maximum Gasteiger partial charge on any atom is 0.0825 e. The largest absolute Gasteiger partial charge is 0.378 e. The highest BCUT2D eigenvalue weighted by Gasteiger charge is 2.11. The molecular weight excluding hydrogens is 248 g/mol. The Bertz CT molecular complexity index is 545. The molecule has 0 amide bonds. The first-order valence-corrected chi connectivity index (χ1v) is 7.33. The van der Waals surface area contributed by atoms with Crippen molar-refractivity contribution < 1.29 is 0 Å². The zero-order valence-corrected chi connectivity index (χ0v) is 12.2. The average Bonchev–Trinajstić information content (AvgIpc) is 3.09. The second-order valence-electron chi connectivity index (χ2n) is 5.52. The maximum atomic E-state index is 4.20. The number of hydrogen-bond acceptors (Lipinski definition) is 3. The van der Waals surface area contributed by atoms with Crippen LogP contribution in [0.4, 0.5) is 11.4 Å². The van der Waals surface area contributed by atoms with Gasteiger partial charge in [-0.3, -0.25) is 5.10 Å². The van der Waals surface area contributed by atoms with E-state index >= 15 is 0 Å². The zero-order chi connectivity index (χ0) is 13.9. The molecule has 1 aliphatic rings. The van der Waals surface area contributed by atoms with Crippen molar-refractivity contribution in [1.82, 2.24) is 10.2 Å². The number of aromatic nitrogens is 2. The smallest absolute Gasteiger partial charge is 0.0825 e. The van der Waals surface area contributed by atoms with Gasteiger partial charge in [-0.05, 0) is 44.4 Å². The standard InChI is InChI=1S/C16H22N4/c1-12-16(13(2)19-18-12)17-11-14-5-7-15(8-6-14)20-9-3-4-10-20/h5-8,17H,3-4,9-11H2,1-2H3,(H,18,19). The first-order valence-electron chi connectivity index (χ1n) is 7.33. The van der Waals surface area contributed by atoms with Crippen LogP contribution < -0.4 is 10.2 Å². The van der Waals surface area contributed by atoms with Crippen LogP contribution in [-0.4, -0.2) is 23.3 Å². The molecule has 0 atom stereocenters. The van der Waals surface area contributed by atoms with Crippen LogP contribution in [0.15, 0.2) is 24.3 Å². The molecular formula is C16H22N4. The van der Waals surface area contributed by atoms with Gasteiger partial charge in [0.05, 0.1) is 17.1 Å². The fourth-order valence-corrected chi connectivity index (χ4v) is 2.80. The van der Waals surface area contributed by atoms with Gasteiger partial charge in [-0.1, -0.05) is 12.1 Å². The van der Waals surface area contributed by atoms with Crippen molar-refractivity contribution in [3.05, 3.63) is 41.2 Å². The van der Waals surface area contributed by atoms with Crippen molar-refractivity contribution in [2.75, 3.05) is 23.3 Å². The zero-order valence-electron chi connectivity index (χ0n) is 12.2. The molecule has 0 radical (unpaired) electrons. The average molecular weight is 270 g/mol. The van der Waals surface area contributed by atoms with E-state index in [2.05, 4.69) is 44.7 Å². The Morgan fingerprint density at radius 2 is 1.85 bits per heavy atom. The van der Waals surface area contributed by atoms with E-state index < -0.39 is 0 Å². The summed E-state index contributed by atoms with van der Waals surface area (Å²) in [5, 5.41) is 10.7. The predicted octanol–water partition coefficient (Wildman–Crippen LogP) is 3.24. The molecule has 4 heteroatoms. The van der Waals surface area contributed by atoms with E-state index in [4.69, 9.17) is 0 Å². The molecule has 1 aromatic heterocycles. The normalized spacial score (nSPS) is 14.8. The minimum atomic E-state index is 0.835. The molecule has 2 aromatic rings. The lowest BCUT2D eigenvalue weighted by molar-refractivity contribution is 0.949. The minimum Gasteiger partial charge on any atom is -0.378 e. The van der Waals surface area contributed by atoms with Crippen LogP contribution >= 0.6 is 0 Å². The van der Waals surface area contributed by atoms with Gasteiger partial charge in [0.2, 0.25) is 0 Å². The lowest BCUT2D eigenvalue weighted by Crippen LogP contribution is -2.17. The quantitative estimate of drug-likeness (QED) is 0.896. The summed E-state index contributed by atoms with van der Waals surface area (Å²) in [7, 11) is 0. The van der Waals surface area contributed by atoms with E-state index in [-0.39, 0.29) is 0 Å². The molecule has 0 aliphatic carbocycles. The van der Waals surface area contributed by atoms with Crippen LogP contribution in [0.2, 0.25) is 0 Å². The highest BCUT2D eigenvalue weighted by atomic mass is 15.2. The summed E-state index contributed by atoms with van der Waals surface area (Å²) >= 11 is 0. The summed E-state index contributed by atoms with van der Waals surface area (Å²) in [6.45, 7) is 7.29. The van der Waals surface area contributed by atoms with E-state index in [1.54, 1.807) is 0 Å². The van der Waals surface area contributed by atoms with Crippen LogP contribution in [-0.2, 0) is 6.54 Å². The highest BCUT2D eigenvalue weighted by molar-refractivity contribution is 5.53. The van der Waals surface area contributed by atoms with Crippen molar-refractivity contribution in [1.29, 1.82) is 0 Å². The van der Waals surface area contributed by atoms with Gasteiger partial charge in [0, 0.05) is 25.3 Å². The number of benzene rings is 1. The number of hydrogen-bond donors (Lipinski definition) is 2. The van der Waals surface area contributed by atoms with E-state index in [9.17, 15) is 0 Å². The highest BCUT2D eigenvalue weighted by Crippen LogP contribution is 2.21. The van der Waals surface area contributed by atoms with Crippen molar-refractivity contribution in [2.24, 2.45) is 0 Å². The molecule has 1 aromatic carbocycles. The third-order valence-electron chi connectivity index (χ3n) is 4.00. The summed E-state index contributed by atoms with van der Waals surface area (Å²) < 4.78 is 0. The monoisotopic (exact) mass is 270 g/mol. The summed E-state index contributed by atoms with van der Waals surface area (Å²) in [5.74, 6) is 0. The van der Waals surface area contributed by atoms with Gasteiger partial charge in [0.25, 0.3) is 0 Å². The van der Waals surface area contributed by atoms with Crippen molar-refractivity contribution >= 4 is 11.4 Å². The molecule has 106 valence electrons. The second-order valence-corrected chi connectivity index (χ2v) is 5.52. The molecule has 0 spiro atoms. The molecule has 20 heavy (non-hydrogen) atoms. The van der Waals surface area contributed by atoms with Crippen molar-refractivity contribution in [3.63, 3.8) is 0 Å². The molecule has 1 saturated heterocycles. The number of H-pyrrole nitrogens is 1. The summed E-state index contributed by atoms with van der Waals surface area (Å²) in [6.07, 6.45) is 2.64. The molecule has 2 N–H and O–H groups in total. The first-order chi connectivity index (χ1) is 9.74. The second kappa shape index (κ2) is 5.57. The maximum absolute atomic E-state index is 4.20. The van der Waals surface area contributed by atoms with Gasteiger partial charge >= 0.3 is 0 Å². The van der Waals surface area contributed by atoms with Gasteiger partial charge in [-0.15, -0.1) is 0 Å². The number of anilines is 2. The number of nitrogens with one attached hydrogen (secondary N) is 2. The van der Waals surface area contributed by atoms with Crippen LogP contribution in [0, 0.1) is 13.8 Å². The molecule has 2 heterocycles. The van der Waals surface area contributed by atoms with Crippen LogP contribution in [0.5, 0.6) is 0 Å². The number of aryl methyl sites for hydroxylation is 2. The Balaban J connectivity index is 1.63. The Morgan fingerprint density at radius 1 is 1.15 bits per heavy atom. The van der Waals surface area contributed by atoms with E-state index in [1.165, 1.54) is 37.2 Å². The minimum absolute atomic E-state index is 0.835. The third kappa shape index (κ3) is 2.64. The van der Waals surface area contributed by atoms with E-state index in [0.717, 1.165) is 23.6 Å². The lowest BCUT2D eigenvalue weighted by atomic mass is 10.2. The van der Waals surface area contributed by atoms with Crippen LogP contribution in [0.3, 0.4) is 0 Å². The van der Waals surface area contributed by atoms with Gasteiger partial charge in [-0.2, -0.15) is 5.10 Å². The van der Waals surface area contributed by atoms with Gasteiger partial charge in [0.1, 0.15) is 0 Å². The summed E-state index contributed by atoms with van der Waals surface area (Å²) in [6, 6.07) is 8.89. The molecule has 1 fully saturated rings. The topological polar surface area (TPSA) is 44.0 Å². The van der Waals surface area contributed by atoms with Gasteiger partial charge < -0.3 is 10.2 Å². The Morgan fingerprint density at radius 3 is 2.45 bits per heavy atom. The van der Waals surface area contributed by atoms with E-state index in [1.807, 2.05) is 13.8 Å². The summed E-state index contributed by atoms with van der Waals surface area (Å²) in [5.41, 5.74) is 5.89. The third-order valence-corrected chi connectivity index (χ3v) is 4.00. The Kier molecular flexibility index (Phi) is 3.63. The van der Waals surface area contributed by atoms with Gasteiger partial charge in [0.15, 0.2) is 0 Å². The molecule has 0 bridgehead atoms. The Hall–Kier alpha value is -1.97. The molecule has 0 saturated carbocycles. The van der Waals surface area contributed by atoms with Crippen molar-refractivity contribution in [2.45, 2.75) is 33.2 Å². The number of rotatable bonds is 4. The molecule has 4 nitrogen and oxygen atoms in total. The molecule has 3 rings (SSSR count).